The Hall–Kier alpha value is -0.640. The number of carbonyl (C=O) groups excluding carboxylic acids is 1. The van der Waals surface area contributed by atoms with Crippen LogP contribution in [0.15, 0.2) is 11.9 Å². The zero-order chi connectivity index (χ0) is 38.4. The predicted molar refractivity (Wildman–Crippen MR) is 227 cm³/mol. The summed E-state index contributed by atoms with van der Waals surface area (Å²) < 4.78 is 31.3. The molecule has 6 heteroatoms. The lowest BCUT2D eigenvalue weighted by Crippen LogP contribution is -2.23. The molecule has 0 aromatic carbocycles. The van der Waals surface area contributed by atoms with Gasteiger partial charge in [-0.15, -0.1) is 0 Å². The highest BCUT2D eigenvalue weighted by atomic mass is 31.2. The van der Waals surface area contributed by atoms with Crippen LogP contribution in [0.4, 0.5) is 0 Å². The molecule has 0 aromatic heterocycles. The van der Waals surface area contributed by atoms with Gasteiger partial charge >= 0.3 is 13.6 Å². The lowest BCUT2D eigenvalue weighted by molar-refractivity contribution is -0.154. The molecule has 0 radical (unpaired) electrons. The summed E-state index contributed by atoms with van der Waals surface area (Å²) in [7, 11) is -3.44. The van der Waals surface area contributed by atoms with E-state index in [0.717, 1.165) is 25.7 Å². The maximum absolute atomic E-state index is 13.9. The molecule has 0 saturated carbocycles. The predicted octanol–water partition coefficient (Wildman–Crippen LogP) is 16.8. The van der Waals surface area contributed by atoms with Crippen molar-refractivity contribution >= 4 is 13.6 Å². The summed E-state index contributed by atoms with van der Waals surface area (Å²) in [4.78, 5) is 12.2. The molecule has 0 spiro atoms. The summed E-state index contributed by atoms with van der Waals surface area (Å²) in [5.41, 5.74) is -0.504. The second kappa shape index (κ2) is 37.3. The molecular weight excluding hydrogens is 663 g/mol. The zero-order valence-corrected chi connectivity index (χ0v) is 36.8. The minimum absolute atomic E-state index is 0.238. The Bertz CT molecular complexity index is 793. The van der Waals surface area contributed by atoms with Crippen molar-refractivity contribution in [3.63, 3.8) is 0 Å². The van der Waals surface area contributed by atoms with Crippen molar-refractivity contribution in [2.75, 3.05) is 13.2 Å². The molecular formula is C46H91O5P. The summed E-state index contributed by atoms with van der Waals surface area (Å²) in [6.45, 7) is 15.2. The van der Waals surface area contributed by atoms with E-state index in [1.54, 1.807) is 0 Å². The molecule has 0 aliphatic carbocycles. The van der Waals surface area contributed by atoms with Crippen molar-refractivity contribution in [2.24, 2.45) is 0 Å². The number of allylic oxidation sites excluding steroid dienone is 1. The maximum atomic E-state index is 13.9. The molecule has 0 saturated heterocycles. The van der Waals surface area contributed by atoms with Crippen LogP contribution in [-0.2, 0) is 23.1 Å². The summed E-state index contributed by atoms with van der Waals surface area (Å²) in [6, 6.07) is 0. The SMILES string of the molecule is C=C(CCCC(=O)OC(C)(C)C)P(=O)(OCCCCCCCCCCCCCCCCCC)OCCCCCCCCCCCCCCCCCC. The van der Waals surface area contributed by atoms with Gasteiger partial charge in [0.2, 0.25) is 0 Å². The number of esters is 1. The fraction of sp³-hybridized carbons (Fsp3) is 0.935. The molecule has 52 heavy (non-hydrogen) atoms. The van der Waals surface area contributed by atoms with E-state index in [1.807, 2.05) is 20.8 Å². The first-order chi connectivity index (χ1) is 25.1. The van der Waals surface area contributed by atoms with E-state index < -0.39 is 13.2 Å². The first kappa shape index (κ1) is 51.4. The van der Waals surface area contributed by atoms with E-state index in [-0.39, 0.29) is 12.4 Å². The van der Waals surface area contributed by atoms with E-state index >= 15 is 0 Å². The van der Waals surface area contributed by atoms with Gasteiger partial charge in [-0.1, -0.05) is 213 Å². The van der Waals surface area contributed by atoms with E-state index in [9.17, 15) is 9.36 Å². The van der Waals surface area contributed by atoms with Crippen molar-refractivity contribution < 1.29 is 23.1 Å². The molecule has 0 fully saturated rings. The number of hydrogen-bond acceptors (Lipinski definition) is 5. The van der Waals surface area contributed by atoms with Crippen molar-refractivity contribution in [1.29, 1.82) is 0 Å². The van der Waals surface area contributed by atoms with Crippen LogP contribution in [0.25, 0.3) is 0 Å². The Morgan fingerprint density at radius 1 is 0.442 bits per heavy atom. The number of carbonyl (C=O) groups is 1. The van der Waals surface area contributed by atoms with E-state index in [1.165, 1.54) is 180 Å². The second-order valence-corrected chi connectivity index (χ2v) is 18.9. The lowest BCUT2D eigenvalue weighted by Gasteiger charge is -2.21. The van der Waals surface area contributed by atoms with Crippen molar-refractivity contribution in [1.82, 2.24) is 0 Å². The molecule has 0 amide bonds. The molecule has 0 N–H and O–H groups in total. The lowest BCUT2D eigenvalue weighted by atomic mass is 10.0. The van der Waals surface area contributed by atoms with Crippen LogP contribution in [-0.4, -0.2) is 24.8 Å². The molecule has 0 rings (SSSR count). The summed E-state index contributed by atoms with van der Waals surface area (Å²) in [5, 5.41) is 0.490. The number of hydrogen-bond donors (Lipinski definition) is 0. The first-order valence-corrected chi connectivity index (χ1v) is 24.5. The maximum Gasteiger partial charge on any atom is 0.356 e. The third-order valence-electron chi connectivity index (χ3n) is 10.2. The molecule has 0 aromatic rings. The average Bonchev–Trinajstić information content (AvgIpc) is 3.10. The molecule has 0 unspecified atom stereocenters. The standard InChI is InChI=1S/C46H91O5P/c1-7-9-11-13-15-17-19-21-23-25-27-29-31-33-35-37-42-49-52(48,44(3)40-39-41-45(47)51-46(4,5)6)50-43-38-36-34-32-30-28-26-24-22-20-18-16-14-12-10-8-2/h3,7-43H2,1-2,4-6H3. The average molecular weight is 755 g/mol. The van der Waals surface area contributed by atoms with Crippen LogP contribution in [0, 0.1) is 0 Å². The highest BCUT2D eigenvalue weighted by Crippen LogP contribution is 2.57. The van der Waals surface area contributed by atoms with E-state index in [4.69, 9.17) is 13.8 Å². The zero-order valence-electron chi connectivity index (χ0n) is 35.9. The van der Waals surface area contributed by atoms with Crippen molar-refractivity contribution in [3.8, 4) is 0 Å². The summed E-state index contributed by atoms with van der Waals surface area (Å²) in [5.74, 6) is -0.238. The van der Waals surface area contributed by atoms with Crippen molar-refractivity contribution in [3.05, 3.63) is 11.9 Å². The quantitative estimate of drug-likeness (QED) is 0.0353. The van der Waals surface area contributed by atoms with Crippen LogP contribution >= 0.6 is 7.60 Å². The molecule has 0 bridgehead atoms. The minimum atomic E-state index is -3.44. The Morgan fingerprint density at radius 2 is 0.712 bits per heavy atom. The van der Waals surface area contributed by atoms with E-state index in [2.05, 4.69) is 20.4 Å². The van der Waals surface area contributed by atoms with Gasteiger partial charge in [0.05, 0.1) is 13.2 Å². The van der Waals surface area contributed by atoms with Gasteiger partial charge in [-0.3, -0.25) is 9.36 Å². The minimum Gasteiger partial charge on any atom is -0.460 e. The van der Waals surface area contributed by atoms with Gasteiger partial charge < -0.3 is 13.8 Å². The number of rotatable bonds is 41. The molecule has 0 atom stereocenters. The highest BCUT2D eigenvalue weighted by Gasteiger charge is 2.29. The van der Waals surface area contributed by atoms with Gasteiger partial charge in [-0.25, -0.2) is 0 Å². The molecule has 310 valence electrons. The van der Waals surface area contributed by atoms with E-state index in [0.29, 0.717) is 31.4 Å². The Balaban J connectivity index is 4.20. The van der Waals surface area contributed by atoms with Crippen LogP contribution in [0.5, 0.6) is 0 Å². The van der Waals surface area contributed by atoms with Gasteiger partial charge in [-0.05, 0) is 46.5 Å². The van der Waals surface area contributed by atoms with Gasteiger partial charge in [0.25, 0.3) is 0 Å². The Morgan fingerprint density at radius 3 is 0.981 bits per heavy atom. The second-order valence-electron chi connectivity index (χ2n) is 16.8. The Kier molecular flexibility index (Phi) is 36.8. The third kappa shape index (κ3) is 36.3. The fourth-order valence-electron chi connectivity index (χ4n) is 6.86. The number of ether oxygens (including phenoxy) is 1. The fourth-order valence-corrected chi connectivity index (χ4v) is 8.47. The highest BCUT2D eigenvalue weighted by molar-refractivity contribution is 7.58. The van der Waals surface area contributed by atoms with Crippen LogP contribution in [0.1, 0.15) is 259 Å². The van der Waals surface area contributed by atoms with Gasteiger partial charge in [0.1, 0.15) is 5.60 Å². The summed E-state index contributed by atoms with van der Waals surface area (Å²) in [6.07, 6.45) is 43.4. The van der Waals surface area contributed by atoms with Crippen LogP contribution < -0.4 is 0 Å². The normalized spacial score (nSPS) is 12.1. The molecule has 0 aliphatic heterocycles. The third-order valence-corrected chi connectivity index (χ3v) is 12.2. The molecule has 5 nitrogen and oxygen atoms in total. The topological polar surface area (TPSA) is 61.8 Å². The molecule has 0 heterocycles. The van der Waals surface area contributed by atoms with Gasteiger partial charge in [0.15, 0.2) is 0 Å². The van der Waals surface area contributed by atoms with Gasteiger partial charge in [-0.2, -0.15) is 0 Å². The van der Waals surface area contributed by atoms with Crippen LogP contribution in [0.3, 0.4) is 0 Å². The van der Waals surface area contributed by atoms with Crippen LogP contribution in [0.2, 0.25) is 0 Å². The number of unbranched alkanes of at least 4 members (excludes halogenated alkanes) is 30. The monoisotopic (exact) mass is 755 g/mol. The molecule has 0 aliphatic rings. The van der Waals surface area contributed by atoms with Crippen molar-refractivity contribution in [2.45, 2.75) is 265 Å². The largest absolute Gasteiger partial charge is 0.460 e. The first-order valence-electron chi connectivity index (χ1n) is 22.9. The summed E-state index contributed by atoms with van der Waals surface area (Å²) >= 11 is 0. The Labute approximate surface area is 325 Å². The van der Waals surface area contributed by atoms with Gasteiger partial charge in [0, 0.05) is 11.7 Å². The smallest absolute Gasteiger partial charge is 0.356 e.